The van der Waals surface area contributed by atoms with Crippen LogP contribution in [0.3, 0.4) is 0 Å². The lowest BCUT2D eigenvalue weighted by atomic mass is 10.2. The standard InChI is InChI=1S/C17H18N4S/c1-13-3-5-15(6-4-13)20-21-16-9-7-14(8-10-16)19-17-18-11-2-12-22-17/h3-10H,2,11-12H2,1H3,(H,18,19). The molecule has 4 nitrogen and oxygen atoms in total. The zero-order valence-corrected chi connectivity index (χ0v) is 13.3. The molecule has 5 heteroatoms. The minimum atomic E-state index is 0.837. The van der Waals surface area contributed by atoms with Crippen LogP contribution in [0.5, 0.6) is 0 Å². The lowest BCUT2D eigenvalue weighted by Gasteiger charge is -2.13. The second-order valence-corrected chi connectivity index (χ2v) is 6.18. The molecule has 1 heterocycles. The van der Waals surface area contributed by atoms with Crippen molar-refractivity contribution in [1.29, 1.82) is 0 Å². The van der Waals surface area contributed by atoms with Gasteiger partial charge in [-0.1, -0.05) is 29.5 Å². The van der Waals surface area contributed by atoms with Crippen molar-refractivity contribution in [2.24, 2.45) is 15.2 Å². The van der Waals surface area contributed by atoms with Crippen LogP contribution in [-0.2, 0) is 0 Å². The van der Waals surface area contributed by atoms with E-state index in [2.05, 4.69) is 27.5 Å². The summed E-state index contributed by atoms with van der Waals surface area (Å²) in [5.41, 5.74) is 3.95. The van der Waals surface area contributed by atoms with Crippen LogP contribution in [-0.4, -0.2) is 17.5 Å². The molecule has 0 spiro atoms. The zero-order valence-electron chi connectivity index (χ0n) is 12.5. The summed E-state index contributed by atoms with van der Waals surface area (Å²) >= 11 is 1.77. The maximum Gasteiger partial charge on any atom is 0.161 e. The van der Waals surface area contributed by atoms with Crippen molar-refractivity contribution in [3.63, 3.8) is 0 Å². The summed E-state index contributed by atoms with van der Waals surface area (Å²) in [6, 6.07) is 15.9. The molecule has 22 heavy (non-hydrogen) atoms. The Labute approximate surface area is 134 Å². The third kappa shape index (κ3) is 4.18. The average molecular weight is 310 g/mol. The number of aliphatic imine (C=N–C) groups is 1. The second-order valence-electron chi connectivity index (χ2n) is 5.10. The van der Waals surface area contributed by atoms with Gasteiger partial charge in [-0.25, -0.2) is 0 Å². The van der Waals surface area contributed by atoms with E-state index in [1.807, 2.05) is 48.5 Å². The molecule has 2 aromatic carbocycles. The first-order chi connectivity index (χ1) is 10.8. The number of rotatable bonds is 3. The molecule has 0 unspecified atom stereocenters. The van der Waals surface area contributed by atoms with Gasteiger partial charge in [0.2, 0.25) is 0 Å². The topological polar surface area (TPSA) is 49.1 Å². The van der Waals surface area contributed by atoms with Gasteiger partial charge in [0.05, 0.1) is 11.4 Å². The highest BCUT2D eigenvalue weighted by Crippen LogP contribution is 2.22. The molecular formula is C17H18N4S. The van der Waals surface area contributed by atoms with E-state index in [-0.39, 0.29) is 0 Å². The van der Waals surface area contributed by atoms with Crippen LogP contribution in [0.1, 0.15) is 12.0 Å². The Hall–Kier alpha value is -2.14. The molecule has 1 aliphatic rings. The minimum absolute atomic E-state index is 0.837. The Balaban J connectivity index is 1.63. The molecule has 0 atom stereocenters. The summed E-state index contributed by atoms with van der Waals surface area (Å²) < 4.78 is 0. The highest BCUT2D eigenvalue weighted by atomic mass is 32.2. The van der Waals surface area contributed by atoms with Crippen molar-refractivity contribution in [1.82, 2.24) is 0 Å². The lowest BCUT2D eigenvalue weighted by Crippen LogP contribution is -2.13. The molecule has 0 aromatic heterocycles. The second kappa shape index (κ2) is 7.22. The van der Waals surface area contributed by atoms with Gasteiger partial charge in [0.25, 0.3) is 0 Å². The fourth-order valence-corrected chi connectivity index (χ4v) is 2.84. The Bertz CT molecular complexity index is 675. The molecule has 112 valence electrons. The van der Waals surface area contributed by atoms with E-state index in [0.717, 1.165) is 40.9 Å². The van der Waals surface area contributed by atoms with Crippen LogP contribution in [0, 0.1) is 6.92 Å². The number of thioether (sulfide) groups is 1. The predicted molar refractivity (Wildman–Crippen MR) is 94.8 cm³/mol. The van der Waals surface area contributed by atoms with Crippen LogP contribution in [0.15, 0.2) is 63.8 Å². The van der Waals surface area contributed by atoms with Gasteiger partial charge in [0.1, 0.15) is 0 Å². The van der Waals surface area contributed by atoms with Crippen molar-refractivity contribution in [3.8, 4) is 0 Å². The van der Waals surface area contributed by atoms with E-state index in [4.69, 9.17) is 0 Å². The Morgan fingerprint density at radius 1 is 0.955 bits per heavy atom. The summed E-state index contributed by atoms with van der Waals surface area (Å²) in [7, 11) is 0. The smallest absolute Gasteiger partial charge is 0.161 e. The molecule has 1 N–H and O–H groups in total. The number of aryl methyl sites for hydroxylation is 1. The van der Waals surface area contributed by atoms with Gasteiger partial charge in [-0.15, -0.1) is 0 Å². The zero-order chi connectivity index (χ0) is 15.2. The first-order valence-corrected chi connectivity index (χ1v) is 8.31. The molecule has 0 fully saturated rings. The number of nitrogens with zero attached hydrogens (tertiary/aromatic N) is 3. The van der Waals surface area contributed by atoms with E-state index in [9.17, 15) is 0 Å². The van der Waals surface area contributed by atoms with E-state index >= 15 is 0 Å². The number of hydrogen-bond donors (Lipinski definition) is 1. The Morgan fingerprint density at radius 3 is 2.18 bits per heavy atom. The maximum absolute atomic E-state index is 4.46. The fraction of sp³-hybridized carbons (Fsp3) is 0.235. The average Bonchev–Trinajstić information content (AvgIpc) is 2.57. The summed E-state index contributed by atoms with van der Waals surface area (Å²) in [6.45, 7) is 2.97. The molecule has 1 aliphatic heterocycles. The quantitative estimate of drug-likeness (QED) is 0.780. The SMILES string of the molecule is Cc1ccc(N=Nc2ccc(NC3=NCCCS3)cc2)cc1. The van der Waals surface area contributed by atoms with Crippen molar-refractivity contribution < 1.29 is 0 Å². The van der Waals surface area contributed by atoms with Gasteiger partial charge >= 0.3 is 0 Å². The molecule has 0 saturated carbocycles. The van der Waals surface area contributed by atoms with Crippen molar-refractivity contribution in [2.75, 3.05) is 17.6 Å². The first kappa shape index (κ1) is 14.8. The monoisotopic (exact) mass is 310 g/mol. The highest BCUT2D eigenvalue weighted by molar-refractivity contribution is 8.14. The molecule has 0 saturated heterocycles. The van der Waals surface area contributed by atoms with Crippen LogP contribution in [0.4, 0.5) is 17.1 Å². The van der Waals surface area contributed by atoms with Crippen LogP contribution >= 0.6 is 11.8 Å². The van der Waals surface area contributed by atoms with Crippen LogP contribution in [0.2, 0.25) is 0 Å². The normalized spacial score (nSPS) is 14.9. The van der Waals surface area contributed by atoms with E-state index in [1.54, 1.807) is 11.8 Å². The lowest BCUT2D eigenvalue weighted by molar-refractivity contribution is 0.938. The summed E-state index contributed by atoms with van der Waals surface area (Å²) in [5.74, 6) is 1.13. The fourth-order valence-electron chi connectivity index (χ4n) is 2.00. The first-order valence-electron chi connectivity index (χ1n) is 7.32. The summed E-state index contributed by atoms with van der Waals surface area (Å²) in [5, 5.41) is 12.8. The van der Waals surface area contributed by atoms with Gasteiger partial charge in [0, 0.05) is 18.0 Å². The van der Waals surface area contributed by atoms with Crippen LogP contribution < -0.4 is 5.32 Å². The largest absolute Gasteiger partial charge is 0.335 e. The van der Waals surface area contributed by atoms with E-state index in [0.29, 0.717) is 0 Å². The van der Waals surface area contributed by atoms with Gasteiger partial charge in [-0.05, 0) is 49.7 Å². The Morgan fingerprint density at radius 2 is 1.59 bits per heavy atom. The van der Waals surface area contributed by atoms with E-state index < -0.39 is 0 Å². The number of anilines is 1. The predicted octanol–water partition coefficient (Wildman–Crippen LogP) is 5.32. The molecule has 0 amide bonds. The van der Waals surface area contributed by atoms with Gasteiger partial charge in [-0.2, -0.15) is 10.2 Å². The van der Waals surface area contributed by atoms with Crippen molar-refractivity contribution >= 4 is 34.0 Å². The minimum Gasteiger partial charge on any atom is -0.335 e. The van der Waals surface area contributed by atoms with E-state index in [1.165, 1.54) is 5.56 Å². The third-order valence-corrected chi connectivity index (χ3v) is 4.23. The summed E-state index contributed by atoms with van der Waals surface area (Å²) in [4.78, 5) is 4.46. The Kier molecular flexibility index (Phi) is 4.85. The third-order valence-electron chi connectivity index (χ3n) is 3.23. The molecule has 3 rings (SSSR count). The number of benzene rings is 2. The number of azo groups is 1. The molecule has 0 radical (unpaired) electrons. The van der Waals surface area contributed by atoms with Crippen LogP contribution in [0.25, 0.3) is 0 Å². The number of hydrogen-bond acceptors (Lipinski definition) is 5. The molecular weight excluding hydrogens is 292 g/mol. The summed E-state index contributed by atoms with van der Waals surface area (Å²) in [6.07, 6.45) is 1.16. The maximum atomic E-state index is 4.46. The van der Waals surface area contributed by atoms with Crippen molar-refractivity contribution in [2.45, 2.75) is 13.3 Å². The number of nitrogens with one attached hydrogen (secondary N) is 1. The number of amidine groups is 1. The van der Waals surface area contributed by atoms with Gasteiger partial charge < -0.3 is 5.32 Å². The molecule has 0 bridgehead atoms. The molecule has 0 aliphatic carbocycles. The van der Waals surface area contributed by atoms with Gasteiger partial charge in [-0.3, -0.25) is 4.99 Å². The highest BCUT2D eigenvalue weighted by Gasteiger charge is 2.05. The van der Waals surface area contributed by atoms with Crippen molar-refractivity contribution in [3.05, 3.63) is 54.1 Å². The van der Waals surface area contributed by atoms with Gasteiger partial charge in [0.15, 0.2) is 5.17 Å². The molecule has 2 aromatic rings.